The molecule has 0 aliphatic carbocycles. The Kier molecular flexibility index (Phi) is 4.26. The number of hydrogen-bond donors (Lipinski definition) is 0. The Bertz CT molecular complexity index is 448. The second-order valence-corrected chi connectivity index (χ2v) is 5.85. The zero-order chi connectivity index (χ0) is 13.9. The van der Waals surface area contributed by atoms with E-state index in [1.807, 2.05) is 6.08 Å². The summed E-state index contributed by atoms with van der Waals surface area (Å²) in [7, 11) is 0. The number of benzene rings is 1. The molecule has 102 valence electrons. The molecular weight excluding hydrogens is 232 g/mol. The molecule has 0 unspecified atom stereocenters. The minimum absolute atomic E-state index is 0.189. The van der Waals surface area contributed by atoms with Crippen LogP contribution in [0.15, 0.2) is 55.1 Å². The van der Waals surface area contributed by atoms with Gasteiger partial charge in [0.05, 0.1) is 11.7 Å². The summed E-state index contributed by atoms with van der Waals surface area (Å²) in [4.78, 5) is 0. The summed E-state index contributed by atoms with van der Waals surface area (Å²) in [5.41, 5.74) is 2.37. The van der Waals surface area contributed by atoms with Gasteiger partial charge in [0, 0.05) is 5.92 Å². The van der Waals surface area contributed by atoms with Crippen molar-refractivity contribution < 1.29 is 4.74 Å². The van der Waals surface area contributed by atoms with E-state index in [4.69, 9.17) is 4.74 Å². The summed E-state index contributed by atoms with van der Waals surface area (Å²) in [6, 6.07) is 10.5. The van der Waals surface area contributed by atoms with Crippen molar-refractivity contribution in [2.24, 2.45) is 5.92 Å². The molecule has 2 rings (SSSR count). The van der Waals surface area contributed by atoms with Crippen LogP contribution in [0.4, 0.5) is 0 Å². The van der Waals surface area contributed by atoms with Gasteiger partial charge >= 0.3 is 0 Å². The van der Waals surface area contributed by atoms with Crippen LogP contribution in [0, 0.1) is 5.92 Å². The molecule has 1 saturated heterocycles. The Morgan fingerprint density at radius 1 is 1.42 bits per heavy atom. The Balaban J connectivity index is 2.16. The van der Waals surface area contributed by atoms with Crippen molar-refractivity contribution in [1.29, 1.82) is 0 Å². The summed E-state index contributed by atoms with van der Waals surface area (Å²) in [6.07, 6.45) is 5.26. The highest BCUT2D eigenvalue weighted by Gasteiger charge is 2.36. The lowest BCUT2D eigenvalue weighted by atomic mass is 9.80. The van der Waals surface area contributed by atoms with Crippen LogP contribution in [0.2, 0.25) is 0 Å². The molecule has 0 bridgehead atoms. The van der Waals surface area contributed by atoms with E-state index in [0.29, 0.717) is 5.92 Å². The molecule has 0 N–H and O–H groups in total. The maximum Gasteiger partial charge on any atom is 0.0836 e. The highest BCUT2D eigenvalue weighted by atomic mass is 16.5. The minimum atomic E-state index is -0.189. The van der Waals surface area contributed by atoms with Gasteiger partial charge in [0.2, 0.25) is 0 Å². The maximum atomic E-state index is 6.32. The van der Waals surface area contributed by atoms with Gasteiger partial charge in [0.25, 0.3) is 0 Å². The molecule has 0 aromatic heterocycles. The van der Waals surface area contributed by atoms with Gasteiger partial charge in [-0.2, -0.15) is 0 Å². The van der Waals surface area contributed by atoms with Gasteiger partial charge in [-0.3, -0.25) is 0 Å². The second-order valence-electron chi connectivity index (χ2n) is 5.85. The molecule has 1 heteroatoms. The molecular formula is C18H24O. The third-order valence-electron chi connectivity index (χ3n) is 4.17. The molecule has 0 saturated carbocycles. The van der Waals surface area contributed by atoms with Crippen LogP contribution < -0.4 is 0 Å². The van der Waals surface area contributed by atoms with E-state index in [9.17, 15) is 0 Å². The smallest absolute Gasteiger partial charge is 0.0836 e. The van der Waals surface area contributed by atoms with Crippen LogP contribution in [-0.4, -0.2) is 11.7 Å². The molecule has 1 aromatic carbocycles. The van der Waals surface area contributed by atoms with Gasteiger partial charge in [-0.05, 0) is 38.7 Å². The molecule has 1 aliphatic heterocycles. The predicted molar refractivity (Wildman–Crippen MR) is 81.2 cm³/mol. The average Bonchev–Trinajstić information content (AvgIpc) is 2.40. The van der Waals surface area contributed by atoms with E-state index in [0.717, 1.165) is 19.3 Å². The summed E-state index contributed by atoms with van der Waals surface area (Å²) in [5, 5.41) is 0. The topological polar surface area (TPSA) is 9.23 Å². The molecule has 3 atom stereocenters. The van der Waals surface area contributed by atoms with Crippen molar-refractivity contribution in [1.82, 2.24) is 0 Å². The van der Waals surface area contributed by atoms with Crippen molar-refractivity contribution in [2.45, 2.75) is 44.8 Å². The SMILES string of the molecule is C=C[C@]1(C)CC[C@@H](C(=C)C)[C@H](Cc2ccccc2)O1. The van der Waals surface area contributed by atoms with E-state index in [1.54, 1.807) is 0 Å². The van der Waals surface area contributed by atoms with E-state index in [2.05, 4.69) is 57.3 Å². The quantitative estimate of drug-likeness (QED) is 0.718. The fraction of sp³-hybridized carbons (Fsp3) is 0.444. The molecule has 0 amide bonds. The number of hydrogen-bond acceptors (Lipinski definition) is 1. The molecule has 1 fully saturated rings. The zero-order valence-corrected chi connectivity index (χ0v) is 12.1. The first-order chi connectivity index (χ1) is 9.04. The van der Waals surface area contributed by atoms with E-state index in [-0.39, 0.29) is 11.7 Å². The Morgan fingerprint density at radius 2 is 2.11 bits per heavy atom. The Morgan fingerprint density at radius 3 is 2.68 bits per heavy atom. The van der Waals surface area contributed by atoms with Crippen LogP contribution >= 0.6 is 0 Å². The van der Waals surface area contributed by atoms with Crippen molar-refractivity contribution in [3.05, 3.63) is 60.7 Å². The van der Waals surface area contributed by atoms with Gasteiger partial charge < -0.3 is 4.74 Å². The molecule has 1 aromatic rings. The highest BCUT2D eigenvalue weighted by molar-refractivity contribution is 5.18. The molecule has 0 spiro atoms. The maximum absolute atomic E-state index is 6.32. The molecule has 1 nitrogen and oxygen atoms in total. The average molecular weight is 256 g/mol. The Labute approximate surface area is 117 Å². The van der Waals surface area contributed by atoms with Gasteiger partial charge in [0.1, 0.15) is 0 Å². The fourth-order valence-corrected chi connectivity index (χ4v) is 2.86. The second kappa shape index (κ2) is 5.75. The lowest BCUT2D eigenvalue weighted by Crippen LogP contribution is -2.43. The van der Waals surface area contributed by atoms with Crippen LogP contribution in [0.25, 0.3) is 0 Å². The van der Waals surface area contributed by atoms with Gasteiger partial charge in [-0.25, -0.2) is 0 Å². The minimum Gasteiger partial charge on any atom is -0.367 e. The first-order valence-corrected chi connectivity index (χ1v) is 7.05. The fourth-order valence-electron chi connectivity index (χ4n) is 2.86. The summed E-state index contributed by atoms with van der Waals surface area (Å²) in [5.74, 6) is 0.452. The largest absolute Gasteiger partial charge is 0.367 e. The van der Waals surface area contributed by atoms with Crippen molar-refractivity contribution in [2.75, 3.05) is 0 Å². The number of rotatable bonds is 4. The standard InChI is InChI=1S/C18H24O/c1-5-18(4)12-11-16(14(2)3)17(19-18)13-15-9-7-6-8-10-15/h5-10,16-17H,1-2,11-13H2,3-4H3/t16-,17-,18+/m0/s1. The van der Waals surface area contributed by atoms with Crippen LogP contribution in [0.5, 0.6) is 0 Å². The van der Waals surface area contributed by atoms with E-state index >= 15 is 0 Å². The van der Waals surface area contributed by atoms with Gasteiger partial charge in [-0.15, -0.1) is 6.58 Å². The van der Waals surface area contributed by atoms with Crippen LogP contribution in [-0.2, 0) is 11.2 Å². The van der Waals surface area contributed by atoms with Gasteiger partial charge in [0.15, 0.2) is 0 Å². The molecule has 0 radical (unpaired) electrons. The molecule has 1 heterocycles. The summed E-state index contributed by atoms with van der Waals surface area (Å²) < 4.78 is 6.32. The van der Waals surface area contributed by atoms with E-state index in [1.165, 1.54) is 11.1 Å². The summed E-state index contributed by atoms with van der Waals surface area (Å²) in [6.45, 7) is 12.3. The normalized spacial score (nSPS) is 30.8. The Hall–Kier alpha value is -1.34. The monoisotopic (exact) mass is 256 g/mol. The van der Waals surface area contributed by atoms with Crippen LogP contribution in [0.1, 0.15) is 32.3 Å². The van der Waals surface area contributed by atoms with Gasteiger partial charge in [-0.1, -0.05) is 48.6 Å². The first kappa shape index (κ1) is 14.1. The predicted octanol–water partition coefficient (Wildman–Crippen LogP) is 4.55. The van der Waals surface area contributed by atoms with Crippen molar-refractivity contribution in [3.8, 4) is 0 Å². The van der Waals surface area contributed by atoms with Crippen molar-refractivity contribution >= 4 is 0 Å². The highest BCUT2D eigenvalue weighted by Crippen LogP contribution is 2.37. The lowest BCUT2D eigenvalue weighted by molar-refractivity contribution is -0.109. The van der Waals surface area contributed by atoms with Crippen molar-refractivity contribution in [3.63, 3.8) is 0 Å². The lowest BCUT2D eigenvalue weighted by Gasteiger charge is -2.42. The first-order valence-electron chi connectivity index (χ1n) is 7.05. The van der Waals surface area contributed by atoms with E-state index < -0.39 is 0 Å². The number of ether oxygens (including phenoxy) is 1. The molecule has 19 heavy (non-hydrogen) atoms. The third kappa shape index (κ3) is 3.36. The zero-order valence-electron chi connectivity index (χ0n) is 12.1. The van der Waals surface area contributed by atoms with Crippen LogP contribution in [0.3, 0.4) is 0 Å². The molecule has 1 aliphatic rings. The third-order valence-corrected chi connectivity index (χ3v) is 4.17. The summed E-state index contributed by atoms with van der Waals surface area (Å²) >= 11 is 0.